The van der Waals surface area contributed by atoms with Crippen molar-refractivity contribution in [1.82, 2.24) is 4.90 Å². The summed E-state index contributed by atoms with van der Waals surface area (Å²) >= 11 is 6.29. The highest BCUT2D eigenvalue weighted by Crippen LogP contribution is 2.51. The number of hydrogen-bond donors (Lipinski definition) is 1. The lowest BCUT2D eigenvalue weighted by Gasteiger charge is -2.39. The molecule has 1 aliphatic heterocycles. The Morgan fingerprint density at radius 1 is 0.949 bits per heavy atom. The molecule has 1 atom stereocenters. The number of rotatable bonds is 9. The second-order valence-electron chi connectivity index (χ2n) is 11.5. The third kappa shape index (κ3) is 5.69. The van der Waals surface area contributed by atoms with Gasteiger partial charge in [0.15, 0.2) is 0 Å². The Kier molecular flexibility index (Phi) is 7.59. The van der Waals surface area contributed by atoms with Crippen LogP contribution in [-0.4, -0.2) is 42.3 Å². The number of carbonyl (C=O) groups is 1. The predicted molar refractivity (Wildman–Crippen MR) is 156 cm³/mol. The zero-order valence-corrected chi connectivity index (χ0v) is 23.0. The minimum absolute atomic E-state index is 0.237. The van der Waals surface area contributed by atoms with Gasteiger partial charge in [0, 0.05) is 24.7 Å². The number of aryl methyl sites for hydroxylation is 1. The highest BCUT2D eigenvalue weighted by molar-refractivity contribution is 6.30. The van der Waals surface area contributed by atoms with Gasteiger partial charge in [0.1, 0.15) is 0 Å². The Morgan fingerprint density at radius 2 is 1.67 bits per heavy atom. The van der Waals surface area contributed by atoms with E-state index in [2.05, 4.69) is 41.3 Å². The molecule has 1 saturated heterocycles. The van der Waals surface area contributed by atoms with Gasteiger partial charge in [-0.15, -0.1) is 0 Å². The monoisotopic (exact) mass is 543 g/mol. The van der Waals surface area contributed by atoms with Gasteiger partial charge in [-0.25, -0.2) is 4.79 Å². The van der Waals surface area contributed by atoms with Crippen molar-refractivity contribution in [2.45, 2.75) is 38.5 Å². The third-order valence-corrected chi connectivity index (χ3v) is 8.99. The van der Waals surface area contributed by atoms with E-state index in [4.69, 9.17) is 11.6 Å². The molecule has 1 unspecified atom stereocenters. The minimum Gasteiger partial charge on any atom is -0.478 e. The summed E-state index contributed by atoms with van der Waals surface area (Å²) in [5.41, 5.74) is 8.91. The number of halogens is 2. The maximum absolute atomic E-state index is 12.5. The van der Waals surface area contributed by atoms with Crippen LogP contribution in [0.15, 0.2) is 66.7 Å². The summed E-state index contributed by atoms with van der Waals surface area (Å²) in [6.07, 6.45) is 6.04. The van der Waals surface area contributed by atoms with Crippen molar-refractivity contribution >= 4 is 28.7 Å². The van der Waals surface area contributed by atoms with Crippen molar-refractivity contribution < 1.29 is 14.3 Å². The Balaban J connectivity index is 1.39. The molecule has 6 rings (SSSR count). The molecule has 3 aromatic carbocycles. The van der Waals surface area contributed by atoms with Crippen molar-refractivity contribution in [3.8, 4) is 0 Å². The lowest BCUT2D eigenvalue weighted by Crippen LogP contribution is -2.47. The van der Waals surface area contributed by atoms with Crippen LogP contribution in [0, 0.1) is 17.8 Å². The molecule has 5 heteroatoms. The van der Waals surface area contributed by atoms with Gasteiger partial charge < -0.3 is 10.0 Å². The van der Waals surface area contributed by atoms with Crippen LogP contribution in [0.1, 0.15) is 63.9 Å². The first-order chi connectivity index (χ1) is 19.0. The summed E-state index contributed by atoms with van der Waals surface area (Å²) in [7, 11) is 0. The van der Waals surface area contributed by atoms with E-state index >= 15 is 0 Å². The van der Waals surface area contributed by atoms with Crippen LogP contribution in [0.4, 0.5) is 4.39 Å². The average molecular weight is 544 g/mol. The molecule has 0 aromatic heterocycles. The topological polar surface area (TPSA) is 40.5 Å². The first-order valence-electron chi connectivity index (χ1n) is 14.2. The Bertz CT molecular complexity index is 1370. The van der Waals surface area contributed by atoms with Crippen LogP contribution < -0.4 is 0 Å². The van der Waals surface area contributed by atoms with Crippen LogP contribution >= 0.6 is 11.6 Å². The predicted octanol–water partition coefficient (Wildman–Crippen LogP) is 7.80. The van der Waals surface area contributed by atoms with E-state index in [1.165, 1.54) is 40.7 Å². The molecule has 0 spiro atoms. The molecular formula is C34H35ClFNO2. The third-order valence-electron chi connectivity index (χ3n) is 8.74. The van der Waals surface area contributed by atoms with Crippen molar-refractivity contribution in [2.75, 3.05) is 26.3 Å². The van der Waals surface area contributed by atoms with E-state index < -0.39 is 5.97 Å². The fraction of sp³-hybridized carbons (Fsp3) is 0.382. The molecule has 3 nitrogen and oxygen atoms in total. The number of likely N-dealkylation sites (tertiary alicyclic amines) is 1. The number of hydrogen-bond acceptors (Lipinski definition) is 2. The van der Waals surface area contributed by atoms with Crippen LogP contribution in [0.5, 0.6) is 0 Å². The maximum atomic E-state index is 12.5. The Labute approximate surface area is 235 Å². The SMILES string of the molecule is O=C(O)c1ccc2c(c1)CCC(C1CC1)C(c1ccc(Cl)cc1)=C2c1ccc(CC2CN(CCCF)C2)cc1. The van der Waals surface area contributed by atoms with Gasteiger partial charge >= 0.3 is 5.97 Å². The van der Waals surface area contributed by atoms with E-state index in [1.54, 1.807) is 6.07 Å². The smallest absolute Gasteiger partial charge is 0.335 e. The van der Waals surface area contributed by atoms with Crippen molar-refractivity contribution in [3.63, 3.8) is 0 Å². The number of aromatic carboxylic acids is 1. The van der Waals surface area contributed by atoms with Crippen molar-refractivity contribution in [3.05, 3.63) is 105 Å². The normalized spacial score (nSPS) is 19.9. The molecule has 2 aliphatic carbocycles. The van der Waals surface area contributed by atoms with E-state index in [9.17, 15) is 14.3 Å². The molecule has 3 aromatic rings. The van der Waals surface area contributed by atoms with Gasteiger partial charge in [0.25, 0.3) is 0 Å². The number of alkyl halides is 1. The number of carboxylic acids is 1. The molecule has 0 bridgehead atoms. The number of fused-ring (bicyclic) bond motifs is 1. The summed E-state index contributed by atoms with van der Waals surface area (Å²) in [5, 5.41) is 10.4. The molecule has 0 amide bonds. The van der Waals surface area contributed by atoms with Crippen LogP contribution in [0.3, 0.4) is 0 Å². The molecule has 3 aliphatic rings. The number of benzene rings is 3. The molecule has 1 N–H and O–H groups in total. The van der Waals surface area contributed by atoms with Gasteiger partial charge in [0.2, 0.25) is 0 Å². The Morgan fingerprint density at radius 3 is 2.33 bits per heavy atom. The fourth-order valence-electron chi connectivity index (χ4n) is 6.64. The van der Waals surface area contributed by atoms with E-state index in [1.807, 2.05) is 24.3 Å². The van der Waals surface area contributed by atoms with E-state index in [0.717, 1.165) is 55.0 Å². The number of carboxylic acid groups (broad SMARTS) is 1. The fourth-order valence-corrected chi connectivity index (χ4v) is 6.77. The van der Waals surface area contributed by atoms with Gasteiger partial charge in [-0.2, -0.15) is 0 Å². The minimum atomic E-state index is -0.882. The molecule has 39 heavy (non-hydrogen) atoms. The van der Waals surface area contributed by atoms with Crippen molar-refractivity contribution in [1.29, 1.82) is 0 Å². The van der Waals surface area contributed by atoms with E-state index in [0.29, 0.717) is 29.7 Å². The molecule has 1 heterocycles. The van der Waals surface area contributed by atoms with Gasteiger partial charge in [0.05, 0.1) is 12.2 Å². The lowest BCUT2D eigenvalue weighted by atomic mass is 9.80. The lowest BCUT2D eigenvalue weighted by molar-refractivity contribution is 0.0696. The number of nitrogens with zero attached hydrogens (tertiary/aromatic N) is 1. The second-order valence-corrected chi connectivity index (χ2v) is 12.0. The summed E-state index contributed by atoms with van der Waals surface area (Å²) in [4.78, 5) is 14.1. The molecular weight excluding hydrogens is 509 g/mol. The summed E-state index contributed by atoms with van der Waals surface area (Å²) in [5.74, 6) is 0.837. The largest absolute Gasteiger partial charge is 0.478 e. The zero-order chi connectivity index (χ0) is 26.9. The van der Waals surface area contributed by atoms with Crippen molar-refractivity contribution in [2.24, 2.45) is 17.8 Å². The van der Waals surface area contributed by atoms with E-state index in [-0.39, 0.29) is 6.67 Å². The summed E-state index contributed by atoms with van der Waals surface area (Å²) < 4.78 is 12.5. The van der Waals surface area contributed by atoms with Gasteiger partial charge in [-0.1, -0.05) is 54.1 Å². The first kappa shape index (κ1) is 26.3. The Hall–Kier alpha value is -2.95. The van der Waals surface area contributed by atoms with Crippen LogP contribution in [-0.2, 0) is 12.8 Å². The quantitative estimate of drug-likeness (QED) is 0.299. The van der Waals surface area contributed by atoms with Gasteiger partial charge in [-0.05, 0) is 120 Å². The summed E-state index contributed by atoms with van der Waals surface area (Å²) in [6, 6.07) is 22.9. The molecule has 0 radical (unpaired) electrons. The molecule has 2 fully saturated rings. The zero-order valence-electron chi connectivity index (χ0n) is 22.2. The first-order valence-corrected chi connectivity index (χ1v) is 14.6. The van der Waals surface area contributed by atoms with Gasteiger partial charge in [-0.3, -0.25) is 4.39 Å². The molecule has 1 saturated carbocycles. The standard InChI is InChI=1S/C34H35ClFNO2/c35-29-12-8-26(9-13-29)32-30(24-6-7-24)14-10-27-19-28(34(38)39)11-15-31(27)33(32)25-4-2-22(3-5-25)18-23-20-37(21-23)17-1-16-36/h2-5,8-9,11-13,15,19,23-24,30H,1,6-7,10,14,16-18,20-21H2,(H,38,39). The second kappa shape index (κ2) is 11.3. The number of allylic oxidation sites excluding steroid dienone is 1. The highest BCUT2D eigenvalue weighted by atomic mass is 35.5. The maximum Gasteiger partial charge on any atom is 0.335 e. The average Bonchev–Trinajstić information content (AvgIpc) is 3.77. The van der Waals surface area contributed by atoms with Crippen LogP contribution in [0.2, 0.25) is 5.02 Å². The van der Waals surface area contributed by atoms with Crippen LogP contribution in [0.25, 0.3) is 11.1 Å². The highest BCUT2D eigenvalue weighted by Gasteiger charge is 2.37. The summed E-state index contributed by atoms with van der Waals surface area (Å²) in [6.45, 7) is 2.73. The molecule has 202 valence electrons.